The lowest BCUT2D eigenvalue weighted by Crippen LogP contribution is -2.20. The number of ether oxygens (including phenoxy) is 1. The second kappa shape index (κ2) is 5.80. The van der Waals surface area contributed by atoms with Crippen molar-refractivity contribution in [2.45, 2.75) is 6.04 Å². The molecule has 1 atom stereocenters. The summed E-state index contributed by atoms with van der Waals surface area (Å²) in [7, 11) is 3.24. The molecule has 0 aromatic heterocycles. The molecule has 0 heterocycles. The van der Waals surface area contributed by atoms with E-state index in [1.54, 1.807) is 26.3 Å². The molecule has 1 unspecified atom stereocenters. The molecule has 1 N–H and O–H groups in total. The first-order valence-corrected chi connectivity index (χ1v) is 5.93. The number of rotatable bonds is 4. The van der Waals surface area contributed by atoms with Gasteiger partial charge in [0.05, 0.1) is 13.2 Å². The van der Waals surface area contributed by atoms with Gasteiger partial charge >= 0.3 is 0 Å². The first kappa shape index (κ1) is 13.5. The van der Waals surface area contributed by atoms with Gasteiger partial charge in [-0.25, -0.2) is 8.78 Å². The monoisotopic (exact) mass is 263 g/mol. The third-order valence-electron chi connectivity index (χ3n) is 3.03. The predicted octanol–water partition coefficient (Wildman–Crippen LogP) is 3.28. The summed E-state index contributed by atoms with van der Waals surface area (Å²) in [5.74, 6) is -1.06. The van der Waals surface area contributed by atoms with Gasteiger partial charge in [0.15, 0.2) is 11.6 Å². The fourth-order valence-corrected chi connectivity index (χ4v) is 2.13. The van der Waals surface area contributed by atoms with Crippen LogP contribution in [0.25, 0.3) is 0 Å². The Morgan fingerprint density at radius 2 is 1.68 bits per heavy atom. The van der Waals surface area contributed by atoms with E-state index in [-0.39, 0.29) is 5.56 Å². The number of benzene rings is 2. The van der Waals surface area contributed by atoms with Gasteiger partial charge in [0.2, 0.25) is 0 Å². The van der Waals surface area contributed by atoms with E-state index in [1.807, 2.05) is 18.2 Å². The summed E-state index contributed by atoms with van der Waals surface area (Å²) in [6.07, 6.45) is 0. The smallest absolute Gasteiger partial charge is 0.163 e. The van der Waals surface area contributed by atoms with Crippen LogP contribution in [-0.2, 0) is 0 Å². The van der Waals surface area contributed by atoms with Gasteiger partial charge in [-0.3, -0.25) is 0 Å². The van der Waals surface area contributed by atoms with Crippen LogP contribution < -0.4 is 10.1 Å². The van der Waals surface area contributed by atoms with Crippen LogP contribution in [0, 0.1) is 11.6 Å². The number of hydrogen-bond donors (Lipinski definition) is 1. The molecule has 0 aliphatic heterocycles. The quantitative estimate of drug-likeness (QED) is 0.914. The van der Waals surface area contributed by atoms with Gasteiger partial charge in [-0.05, 0) is 19.2 Å². The maximum atomic E-state index is 13.9. The largest absolute Gasteiger partial charge is 0.496 e. The molecule has 19 heavy (non-hydrogen) atoms. The van der Waals surface area contributed by atoms with E-state index in [4.69, 9.17) is 4.74 Å². The lowest BCUT2D eigenvalue weighted by atomic mass is 9.97. The van der Waals surface area contributed by atoms with E-state index in [2.05, 4.69) is 5.32 Å². The number of halogens is 2. The van der Waals surface area contributed by atoms with Crippen molar-refractivity contribution in [2.75, 3.05) is 14.2 Å². The molecule has 0 amide bonds. The Morgan fingerprint density at radius 1 is 1.00 bits per heavy atom. The van der Waals surface area contributed by atoms with Gasteiger partial charge in [-0.2, -0.15) is 0 Å². The van der Waals surface area contributed by atoms with Gasteiger partial charge in [0, 0.05) is 11.1 Å². The third-order valence-corrected chi connectivity index (χ3v) is 3.03. The van der Waals surface area contributed by atoms with Crippen molar-refractivity contribution in [2.24, 2.45) is 0 Å². The van der Waals surface area contributed by atoms with E-state index >= 15 is 0 Å². The van der Waals surface area contributed by atoms with Gasteiger partial charge in [0.1, 0.15) is 5.75 Å². The van der Waals surface area contributed by atoms with Crippen molar-refractivity contribution in [3.05, 3.63) is 65.2 Å². The van der Waals surface area contributed by atoms with Crippen LogP contribution in [0.2, 0.25) is 0 Å². The van der Waals surface area contributed by atoms with Crippen molar-refractivity contribution in [3.63, 3.8) is 0 Å². The molecule has 0 aliphatic carbocycles. The van der Waals surface area contributed by atoms with Crippen LogP contribution in [0.1, 0.15) is 17.2 Å². The molecule has 0 bridgehead atoms. The van der Waals surface area contributed by atoms with Gasteiger partial charge < -0.3 is 10.1 Å². The van der Waals surface area contributed by atoms with Crippen LogP contribution in [0.3, 0.4) is 0 Å². The number of methoxy groups -OCH3 is 1. The fourth-order valence-electron chi connectivity index (χ4n) is 2.13. The second-order valence-electron chi connectivity index (χ2n) is 4.11. The summed E-state index contributed by atoms with van der Waals surface area (Å²) in [6, 6.07) is 11.0. The highest BCUT2D eigenvalue weighted by Gasteiger charge is 2.21. The molecule has 0 radical (unpaired) electrons. The highest BCUT2D eigenvalue weighted by molar-refractivity contribution is 5.42. The van der Waals surface area contributed by atoms with Gasteiger partial charge in [0.25, 0.3) is 0 Å². The van der Waals surface area contributed by atoms with Crippen molar-refractivity contribution >= 4 is 0 Å². The molecule has 2 aromatic rings. The van der Waals surface area contributed by atoms with Crippen molar-refractivity contribution in [1.29, 1.82) is 0 Å². The average Bonchev–Trinajstić information content (AvgIpc) is 2.45. The molecular weight excluding hydrogens is 248 g/mol. The number of para-hydroxylation sites is 1. The van der Waals surface area contributed by atoms with Gasteiger partial charge in [-0.15, -0.1) is 0 Å². The van der Waals surface area contributed by atoms with E-state index < -0.39 is 17.7 Å². The Kier molecular flexibility index (Phi) is 4.12. The molecular formula is C15H15F2NO. The molecule has 100 valence electrons. The van der Waals surface area contributed by atoms with Crippen LogP contribution in [0.5, 0.6) is 5.75 Å². The third kappa shape index (κ3) is 2.58. The van der Waals surface area contributed by atoms with E-state index in [1.165, 1.54) is 6.07 Å². The molecule has 0 saturated heterocycles. The summed E-state index contributed by atoms with van der Waals surface area (Å²) >= 11 is 0. The van der Waals surface area contributed by atoms with Gasteiger partial charge in [-0.1, -0.05) is 30.3 Å². The van der Waals surface area contributed by atoms with Crippen LogP contribution in [0.15, 0.2) is 42.5 Å². The van der Waals surface area contributed by atoms with Crippen LogP contribution >= 0.6 is 0 Å². The zero-order valence-electron chi connectivity index (χ0n) is 10.8. The molecule has 0 fully saturated rings. The maximum absolute atomic E-state index is 13.9. The lowest BCUT2D eigenvalue weighted by Gasteiger charge is -2.20. The van der Waals surface area contributed by atoms with Crippen molar-refractivity contribution in [3.8, 4) is 5.75 Å². The summed E-state index contributed by atoms with van der Waals surface area (Å²) in [5.41, 5.74) is 1.02. The Labute approximate surface area is 111 Å². The predicted molar refractivity (Wildman–Crippen MR) is 70.3 cm³/mol. The molecule has 2 nitrogen and oxygen atoms in total. The average molecular weight is 263 g/mol. The Morgan fingerprint density at radius 3 is 2.37 bits per heavy atom. The first-order chi connectivity index (χ1) is 9.19. The first-order valence-electron chi connectivity index (χ1n) is 5.93. The van der Waals surface area contributed by atoms with Crippen LogP contribution in [0.4, 0.5) is 8.78 Å². The molecule has 0 aliphatic rings. The second-order valence-corrected chi connectivity index (χ2v) is 4.11. The van der Waals surface area contributed by atoms with Crippen molar-refractivity contribution in [1.82, 2.24) is 5.32 Å². The SMILES string of the molecule is CNC(c1ccccc1OC)c1cccc(F)c1F. The molecule has 0 saturated carbocycles. The minimum Gasteiger partial charge on any atom is -0.496 e. The highest BCUT2D eigenvalue weighted by Crippen LogP contribution is 2.31. The minimum absolute atomic E-state index is 0.256. The summed E-state index contributed by atoms with van der Waals surface area (Å²) < 4.78 is 32.5. The molecule has 4 heteroatoms. The summed E-state index contributed by atoms with van der Waals surface area (Å²) in [4.78, 5) is 0. The number of nitrogens with one attached hydrogen (secondary N) is 1. The fraction of sp³-hybridized carbons (Fsp3) is 0.200. The molecule has 2 rings (SSSR count). The highest BCUT2D eigenvalue weighted by atomic mass is 19.2. The number of hydrogen-bond acceptors (Lipinski definition) is 2. The Balaban J connectivity index is 2.53. The topological polar surface area (TPSA) is 21.3 Å². The normalized spacial score (nSPS) is 12.2. The maximum Gasteiger partial charge on any atom is 0.163 e. The van der Waals surface area contributed by atoms with Crippen LogP contribution in [-0.4, -0.2) is 14.2 Å². The summed E-state index contributed by atoms with van der Waals surface area (Å²) in [6.45, 7) is 0. The zero-order chi connectivity index (χ0) is 13.8. The standard InChI is InChI=1S/C15H15F2NO/c1-18-15(10-6-3-4-9-13(10)19-2)11-7-5-8-12(16)14(11)17/h3-9,15,18H,1-2H3. The van der Waals surface area contributed by atoms with E-state index in [9.17, 15) is 8.78 Å². The molecule has 0 spiro atoms. The minimum atomic E-state index is -0.854. The Bertz CT molecular complexity index is 572. The van der Waals surface area contributed by atoms with E-state index in [0.717, 1.165) is 11.6 Å². The molecule has 2 aromatic carbocycles. The lowest BCUT2D eigenvalue weighted by molar-refractivity contribution is 0.403. The van der Waals surface area contributed by atoms with E-state index in [0.29, 0.717) is 5.75 Å². The summed E-state index contributed by atoms with van der Waals surface area (Å²) in [5, 5.41) is 2.99. The Hall–Kier alpha value is -1.94. The zero-order valence-corrected chi connectivity index (χ0v) is 10.8. The van der Waals surface area contributed by atoms with Crippen molar-refractivity contribution < 1.29 is 13.5 Å².